The van der Waals surface area contributed by atoms with Gasteiger partial charge in [0.2, 0.25) is 5.91 Å². The number of hydrogen-bond acceptors (Lipinski definition) is 8. The fourth-order valence-corrected chi connectivity index (χ4v) is 7.58. The molecule has 1 aromatic heterocycles. The number of sulfone groups is 1. The minimum absolute atomic E-state index is 0.157. The number of amides is 1. The number of rotatable bonds is 14. The molecule has 1 N–H and O–H groups in total. The Balaban J connectivity index is 1.69. The standard InChI is InChI=1S/C25H37N2O6PS2/c1-4-32-34(29,33-5-2)17-16-21-18-35-25(26-21)27-24(28)23(15-10-19-8-6-7-9-19)20-11-13-22(14-12-20)36(3,30)31/h11-14,18-19,23H,4-10,15-17H2,1-3H3,(H,26,27,28)/t23-/m1/s1. The molecule has 1 heterocycles. The number of carbonyl (C=O) groups excluding carboxylic acids is 1. The number of aryl methyl sites for hydroxylation is 1. The molecule has 3 rings (SSSR count). The molecule has 1 aliphatic rings. The summed E-state index contributed by atoms with van der Waals surface area (Å²) >= 11 is 1.32. The van der Waals surface area contributed by atoms with Crippen molar-refractivity contribution in [1.29, 1.82) is 0 Å². The quantitative estimate of drug-likeness (QED) is 0.282. The maximum absolute atomic E-state index is 13.3. The number of hydrogen-bond donors (Lipinski definition) is 1. The maximum atomic E-state index is 13.3. The second-order valence-corrected chi connectivity index (χ2v) is 14.2. The second-order valence-electron chi connectivity index (χ2n) is 9.17. The highest BCUT2D eigenvalue weighted by atomic mass is 32.2. The zero-order chi connectivity index (χ0) is 26.2. The first-order valence-corrected chi connectivity index (χ1v) is 17.1. The van der Waals surface area contributed by atoms with Crippen LogP contribution in [-0.4, -0.2) is 44.9 Å². The van der Waals surface area contributed by atoms with E-state index in [0.717, 1.165) is 17.7 Å². The molecule has 1 saturated carbocycles. The molecule has 1 atom stereocenters. The average molecular weight is 557 g/mol. The van der Waals surface area contributed by atoms with Crippen molar-refractivity contribution in [3.63, 3.8) is 0 Å². The molecule has 0 aliphatic heterocycles. The third kappa shape index (κ3) is 8.48. The lowest BCUT2D eigenvalue weighted by molar-refractivity contribution is -0.117. The van der Waals surface area contributed by atoms with Gasteiger partial charge in [-0.2, -0.15) is 0 Å². The lowest BCUT2D eigenvalue weighted by Crippen LogP contribution is -2.22. The van der Waals surface area contributed by atoms with Crippen LogP contribution in [0.2, 0.25) is 0 Å². The Labute approximate surface area is 218 Å². The van der Waals surface area contributed by atoms with E-state index in [1.165, 1.54) is 43.3 Å². The molecule has 2 aromatic rings. The number of carbonyl (C=O) groups is 1. The zero-order valence-corrected chi connectivity index (χ0v) is 23.8. The van der Waals surface area contributed by atoms with Gasteiger partial charge in [0.1, 0.15) is 0 Å². The predicted molar refractivity (Wildman–Crippen MR) is 144 cm³/mol. The molecule has 1 fully saturated rings. The topological polar surface area (TPSA) is 112 Å². The van der Waals surface area contributed by atoms with Gasteiger partial charge in [-0.05, 0) is 50.3 Å². The molecule has 1 amide bonds. The fourth-order valence-electron chi connectivity index (χ4n) is 4.58. The lowest BCUT2D eigenvalue weighted by Gasteiger charge is -2.19. The van der Waals surface area contributed by atoms with E-state index in [-0.39, 0.29) is 17.0 Å². The van der Waals surface area contributed by atoms with Gasteiger partial charge in [-0.15, -0.1) is 11.3 Å². The summed E-state index contributed by atoms with van der Waals surface area (Å²) in [6, 6.07) is 6.61. The van der Waals surface area contributed by atoms with E-state index in [1.807, 2.05) is 5.38 Å². The fraction of sp³-hybridized carbons (Fsp3) is 0.600. The van der Waals surface area contributed by atoms with E-state index in [1.54, 1.807) is 38.1 Å². The molecular formula is C25H37N2O6PS2. The second kappa shape index (κ2) is 13.3. The van der Waals surface area contributed by atoms with E-state index in [0.29, 0.717) is 37.1 Å². The molecule has 0 radical (unpaired) electrons. The van der Waals surface area contributed by atoms with Gasteiger partial charge in [-0.3, -0.25) is 9.36 Å². The molecule has 1 aromatic carbocycles. The average Bonchev–Trinajstić information content (AvgIpc) is 3.50. The Morgan fingerprint density at radius 2 is 1.81 bits per heavy atom. The van der Waals surface area contributed by atoms with Gasteiger partial charge < -0.3 is 14.4 Å². The van der Waals surface area contributed by atoms with Crippen LogP contribution in [0, 0.1) is 5.92 Å². The van der Waals surface area contributed by atoms with Crippen molar-refractivity contribution in [2.75, 3.05) is 30.9 Å². The molecular weight excluding hydrogens is 519 g/mol. The minimum atomic E-state index is -3.31. The van der Waals surface area contributed by atoms with Crippen LogP contribution in [0.4, 0.5) is 5.13 Å². The number of benzene rings is 1. The van der Waals surface area contributed by atoms with Gasteiger partial charge in [0.15, 0.2) is 15.0 Å². The van der Waals surface area contributed by atoms with E-state index in [2.05, 4.69) is 10.3 Å². The number of aromatic nitrogens is 1. The number of nitrogens with one attached hydrogen (secondary N) is 1. The summed E-state index contributed by atoms with van der Waals surface area (Å²) in [6.07, 6.45) is 8.35. The van der Waals surface area contributed by atoms with Crippen LogP contribution >= 0.6 is 18.9 Å². The van der Waals surface area contributed by atoms with Gasteiger partial charge in [0.25, 0.3) is 0 Å². The highest BCUT2D eigenvalue weighted by Gasteiger charge is 2.26. The van der Waals surface area contributed by atoms with Crippen molar-refractivity contribution in [3.05, 3.63) is 40.9 Å². The van der Waals surface area contributed by atoms with Crippen LogP contribution in [0.25, 0.3) is 0 Å². The van der Waals surface area contributed by atoms with Crippen molar-refractivity contribution in [1.82, 2.24) is 4.98 Å². The van der Waals surface area contributed by atoms with Crippen molar-refractivity contribution in [3.8, 4) is 0 Å². The van der Waals surface area contributed by atoms with Crippen LogP contribution in [0.3, 0.4) is 0 Å². The Morgan fingerprint density at radius 3 is 2.39 bits per heavy atom. The molecule has 36 heavy (non-hydrogen) atoms. The van der Waals surface area contributed by atoms with Crippen molar-refractivity contribution < 1.29 is 26.8 Å². The Kier molecular flexibility index (Phi) is 10.7. The first-order chi connectivity index (χ1) is 17.1. The van der Waals surface area contributed by atoms with Gasteiger partial charge in [-0.25, -0.2) is 13.4 Å². The van der Waals surface area contributed by atoms with Crippen LogP contribution < -0.4 is 5.32 Å². The first kappa shape index (κ1) is 29.0. The molecule has 0 unspecified atom stereocenters. The predicted octanol–water partition coefficient (Wildman–Crippen LogP) is 6.05. The summed E-state index contributed by atoms with van der Waals surface area (Å²) in [6.45, 7) is 4.17. The third-order valence-corrected chi connectivity index (χ3v) is 10.5. The summed E-state index contributed by atoms with van der Waals surface area (Å²) in [7, 11) is -6.47. The third-order valence-electron chi connectivity index (χ3n) is 6.44. The minimum Gasteiger partial charge on any atom is -0.309 e. The Hall–Kier alpha value is -1.58. The van der Waals surface area contributed by atoms with Crippen LogP contribution in [0.15, 0.2) is 34.5 Å². The SMILES string of the molecule is CCOP(=O)(CCc1csc(NC(=O)[C@H](CCC2CCCC2)c2ccc(S(C)(=O)=O)cc2)n1)OCC. The van der Waals surface area contributed by atoms with E-state index in [4.69, 9.17) is 9.05 Å². The molecule has 0 saturated heterocycles. The highest BCUT2D eigenvalue weighted by molar-refractivity contribution is 7.90. The molecule has 0 spiro atoms. The highest BCUT2D eigenvalue weighted by Crippen LogP contribution is 2.48. The zero-order valence-electron chi connectivity index (χ0n) is 21.3. The van der Waals surface area contributed by atoms with Crippen molar-refractivity contribution in [2.45, 2.75) is 69.6 Å². The molecule has 1 aliphatic carbocycles. The molecule has 11 heteroatoms. The van der Waals surface area contributed by atoms with Crippen LogP contribution in [-0.2, 0) is 34.7 Å². The normalized spacial score (nSPS) is 15.8. The van der Waals surface area contributed by atoms with Crippen molar-refractivity contribution in [2.24, 2.45) is 5.92 Å². The summed E-state index contributed by atoms with van der Waals surface area (Å²) < 4.78 is 47.1. The summed E-state index contributed by atoms with van der Waals surface area (Å²) in [5.74, 6) is 0.0754. The number of thiazole rings is 1. The van der Waals surface area contributed by atoms with E-state index in [9.17, 15) is 17.8 Å². The van der Waals surface area contributed by atoms with Gasteiger partial charge in [0.05, 0.1) is 35.9 Å². The van der Waals surface area contributed by atoms with Gasteiger partial charge >= 0.3 is 7.60 Å². The smallest absolute Gasteiger partial charge is 0.309 e. The number of nitrogens with zero attached hydrogens (tertiary/aromatic N) is 1. The lowest BCUT2D eigenvalue weighted by atomic mass is 9.89. The van der Waals surface area contributed by atoms with Crippen molar-refractivity contribution >= 4 is 39.8 Å². The number of anilines is 1. The maximum Gasteiger partial charge on any atom is 0.331 e. The van der Waals surface area contributed by atoms with Gasteiger partial charge in [-0.1, -0.05) is 37.8 Å². The van der Waals surface area contributed by atoms with Gasteiger partial charge in [0, 0.05) is 18.1 Å². The molecule has 0 bridgehead atoms. The summed E-state index contributed by atoms with van der Waals surface area (Å²) in [4.78, 5) is 18.1. The van der Waals surface area contributed by atoms with E-state index < -0.39 is 23.4 Å². The monoisotopic (exact) mass is 556 g/mol. The van der Waals surface area contributed by atoms with Crippen LogP contribution in [0.1, 0.15) is 69.5 Å². The summed E-state index contributed by atoms with van der Waals surface area (Å²) in [5, 5.41) is 5.27. The van der Waals surface area contributed by atoms with E-state index >= 15 is 0 Å². The Morgan fingerprint density at radius 1 is 1.17 bits per heavy atom. The Bertz CT molecular complexity index is 1130. The summed E-state index contributed by atoms with van der Waals surface area (Å²) in [5.41, 5.74) is 1.51. The largest absolute Gasteiger partial charge is 0.331 e. The molecule has 8 nitrogen and oxygen atoms in total. The first-order valence-electron chi connectivity index (χ1n) is 12.6. The van der Waals surface area contributed by atoms with Crippen LogP contribution in [0.5, 0.6) is 0 Å². The molecule has 200 valence electrons.